The molecule has 0 radical (unpaired) electrons. The Morgan fingerprint density at radius 1 is 1.26 bits per heavy atom. The molecular formula is C12H17N3O3S. The molecule has 0 spiro atoms. The number of aromatic amines is 1. The molecule has 0 aromatic carbocycles. The number of ether oxygens (including phenoxy) is 3. The monoisotopic (exact) mass is 283 g/mol. The van der Waals surface area contributed by atoms with Crippen LogP contribution in [0.4, 0.5) is 0 Å². The average Bonchev–Trinajstić information content (AvgIpc) is 2.74. The summed E-state index contributed by atoms with van der Waals surface area (Å²) in [6, 6.07) is 3.70. The van der Waals surface area contributed by atoms with Crippen LogP contribution in [0.2, 0.25) is 0 Å². The van der Waals surface area contributed by atoms with Crippen molar-refractivity contribution in [2.75, 3.05) is 34.0 Å². The van der Waals surface area contributed by atoms with Crippen molar-refractivity contribution in [1.29, 1.82) is 0 Å². The third-order valence-corrected chi connectivity index (χ3v) is 3.01. The van der Waals surface area contributed by atoms with Gasteiger partial charge in [-0.15, -0.1) is 0 Å². The summed E-state index contributed by atoms with van der Waals surface area (Å²) in [6.45, 7) is 2.36. The summed E-state index contributed by atoms with van der Waals surface area (Å²) < 4.78 is 18.0. The average molecular weight is 283 g/mol. The molecule has 104 valence electrons. The molecule has 2 rings (SSSR count). The predicted octanol–water partition coefficient (Wildman–Crippen LogP) is 1.77. The zero-order valence-corrected chi connectivity index (χ0v) is 11.8. The van der Waals surface area contributed by atoms with Crippen molar-refractivity contribution in [3.8, 4) is 5.88 Å². The molecular weight excluding hydrogens is 266 g/mol. The Morgan fingerprint density at radius 3 is 2.84 bits per heavy atom. The van der Waals surface area contributed by atoms with Crippen LogP contribution in [0, 0.1) is 4.77 Å². The largest absolute Gasteiger partial charge is 0.481 e. The fourth-order valence-corrected chi connectivity index (χ4v) is 2.02. The summed E-state index contributed by atoms with van der Waals surface area (Å²) in [5.74, 6) is 0.565. The number of hydrogen-bond donors (Lipinski definition) is 1. The van der Waals surface area contributed by atoms with Gasteiger partial charge in [0.25, 0.3) is 0 Å². The molecule has 2 aromatic heterocycles. The van der Waals surface area contributed by atoms with Gasteiger partial charge < -0.3 is 19.2 Å². The fourth-order valence-electron chi connectivity index (χ4n) is 1.73. The zero-order valence-electron chi connectivity index (χ0n) is 11.0. The third-order valence-electron chi connectivity index (χ3n) is 2.69. The van der Waals surface area contributed by atoms with Crippen molar-refractivity contribution in [2.24, 2.45) is 0 Å². The van der Waals surface area contributed by atoms with E-state index in [-0.39, 0.29) is 0 Å². The molecule has 7 heteroatoms. The molecule has 0 fully saturated rings. The number of pyridine rings is 1. The highest BCUT2D eigenvalue weighted by Gasteiger charge is 2.07. The van der Waals surface area contributed by atoms with Gasteiger partial charge in [-0.2, -0.15) is 4.98 Å². The number of hydrogen-bond acceptors (Lipinski definition) is 5. The number of H-pyrrole nitrogens is 1. The summed E-state index contributed by atoms with van der Waals surface area (Å²) >= 11 is 5.28. The molecule has 2 aromatic rings. The molecule has 1 N–H and O–H groups in total. The molecule has 19 heavy (non-hydrogen) atoms. The SMILES string of the molecule is COCCOCCn1c(=S)[nH]c2ccc(OC)nc21. The minimum Gasteiger partial charge on any atom is -0.481 e. The van der Waals surface area contributed by atoms with E-state index in [1.54, 1.807) is 20.3 Å². The van der Waals surface area contributed by atoms with E-state index in [2.05, 4.69) is 9.97 Å². The first-order chi connectivity index (χ1) is 9.26. The topological polar surface area (TPSA) is 61.3 Å². The van der Waals surface area contributed by atoms with E-state index < -0.39 is 0 Å². The zero-order chi connectivity index (χ0) is 13.7. The van der Waals surface area contributed by atoms with Gasteiger partial charge in [-0.25, -0.2) is 0 Å². The highest BCUT2D eigenvalue weighted by atomic mass is 32.1. The van der Waals surface area contributed by atoms with Gasteiger partial charge in [0.2, 0.25) is 5.88 Å². The maximum atomic E-state index is 5.44. The van der Waals surface area contributed by atoms with Gasteiger partial charge >= 0.3 is 0 Å². The van der Waals surface area contributed by atoms with Crippen molar-refractivity contribution < 1.29 is 14.2 Å². The highest BCUT2D eigenvalue weighted by Crippen LogP contribution is 2.16. The van der Waals surface area contributed by atoms with Crippen LogP contribution in [0.3, 0.4) is 0 Å². The minimum absolute atomic E-state index is 0.559. The van der Waals surface area contributed by atoms with Crippen LogP contribution in [0.25, 0.3) is 11.2 Å². The second-order valence-corrected chi connectivity index (χ2v) is 4.30. The first-order valence-electron chi connectivity index (χ1n) is 5.96. The molecule has 0 unspecified atom stereocenters. The number of methoxy groups -OCH3 is 2. The Labute approximate surface area is 116 Å². The smallest absolute Gasteiger partial charge is 0.215 e. The lowest BCUT2D eigenvalue weighted by atomic mass is 10.4. The number of imidazole rings is 1. The van der Waals surface area contributed by atoms with Gasteiger partial charge in [0, 0.05) is 13.2 Å². The van der Waals surface area contributed by atoms with Crippen molar-refractivity contribution >= 4 is 23.4 Å². The maximum Gasteiger partial charge on any atom is 0.215 e. The molecule has 0 aliphatic rings. The van der Waals surface area contributed by atoms with Crippen molar-refractivity contribution in [3.05, 3.63) is 16.9 Å². The molecule has 0 aliphatic heterocycles. The molecule has 0 atom stereocenters. The van der Waals surface area contributed by atoms with Crippen LogP contribution in [-0.4, -0.2) is 48.6 Å². The normalized spacial score (nSPS) is 11.1. The van der Waals surface area contributed by atoms with Gasteiger partial charge in [0.15, 0.2) is 10.4 Å². The molecule has 0 aliphatic carbocycles. The van der Waals surface area contributed by atoms with E-state index in [1.807, 2.05) is 10.6 Å². The van der Waals surface area contributed by atoms with E-state index in [0.717, 1.165) is 11.2 Å². The Hall–Kier alpha value is -1.44. The highest BCUT2D eigenvalue weighted by molar-refractivity contribution is 7.71. The lowest BCUT2D eigenvalue weighted by molar-refractivity contribution is 0.0668. The second kappa shape index (κ2) is 6.65. The molecule has 0 bridgehead atoms. The molecule has 2 heterocycles. The Morgan fingerprint density at radius 2 is 2.11 bits per heavy atom. The third kappa shape index (κ3) is 3.31. The van der Waals surface area contributed by atoms with E-state index in [9.17, 15) is 0 Å². The van der Waals surface area contributed by atoms with E-state index in [4.69, 9.17) is 26.4 Å². The van der Waals surface area contributed by atoms with Crippen LogP contribution < -0.4 is 4.74 Å². The Bertz CT molecular complexity index is 593. The number of aromatic nitrogens is 3. The van der Waals surface area contributed by atoms with Crippen molar-refractivity contribution in [1.82, 2.24) is 14.5 Å². The standard InChI is InChI=1S/C12H17N3O3S/c1-16-7-8-18-6-5-15-11-9(13-12(15)19)3-4-10(14-11)17-2/h3-4H,5-8H2,1-2H3,(H,13,19). The number of fused-ring (bicyclic) bond motifs is 1. The first kappa shape index (κ1) is 14.0. The summed E-state index contributed by atoms with van der Waals surface area (Å²) in [4.78, 5) is 7.50. The number of rotatable bonds is 7. The van der Waals surface area contributed by atoms with Crippen LogP contribution in [0.1, 0.15) is 0 Å². The van der Waals surface area contributed by atoms with Crippen LogP contribution >= 0.6 is 12.2 Å². The summed E-state index contributed by atoms with van der Waals surface area (Å²) in [6.07, 6.45) is 0. The molecule has 0 saturated carbocycles. The molecule has 0 amide bonds. The number of nitrogens with one attached hydrogen (secondary N) is 1. The summed E-state index contributed by atoms with van der Waals surface area (Å²) in [5.41, 5.74) is 1.67. The number of nitrogens with zero attached hydrogens (tertiary/aromatic N) is 2. The summed E-state index contributed by atoms with van der Waals surface area (Å²) in [5, 5.41) is 0. The lowest BCUT2D eigenvalue weighted by Gasteiger charge is -2.06. The second-order valence-electron chi connectivity index (χ2n) is 3.91. The molecule has 6 nitrogen and oxygen atoms in total. The van der Waals surface area contributed by atoms with E-state index in [1.165, 1.54) is 0 Å². The molecule has 0 saturated heterocycles. The Balaban J connectivity index is 2.12. The predicted molar refractivity (Wildman–Crippen MR) is 74.2 cm³/mol. The van der Waals surface area contributed by atoms with Gasteiger partial charge in [0.05, 0.1) is 39.0 Å². The van der Waals surface area contributed by atoms with Gasteiger partial charge in [-0.05, 0) is 18.3 Å². The van der Waals surface area contributed by atoms with Gasteiger partial charge in [-0.3, -0.25) is 4.57 Å². The maximum absolute atomic E-state index is 5.44. The van der Waals surface area contributed by atoms with Crippen molar-refractivity contribution in [3.63, 3.8) is 0 Å². The first-order valence-corrected chi connectivity index (χ1v) is 6.37. The fraction of sp³-hybridized carbons (Fsp3) is 0.500. The quantitative estimate of drug-likeness (QED) is 0.620. The van der Waals surface area contributed by atoms with E-state index in [0.29, 0.717) is 37.0 Å². The van der Waals surface area contributed by atoms with Crippen molar-refractivity contribution in [2.45, 2.75) is 6.54 Å². The van der Waals surface area contributed by atoms with Gasteiger partial charge in [-0.1, -0.05) is 0 Å². The van der Waals surface area contributed by atoms with Gasteiger partial charge in [0.1, 0.15) is 0 Å². The van der Waals surface area contributed by atoms with Crippen LogP contribution in [0.5, 0.6) is 5.88 Å². The van der Waals surface area contributed by atoms with Crippen LogP contribution in [0.15, 0.2) is 12.1 Å². The minimum atomic E-state index is 0.559. The Kier molecular flexibility index (Phi) is 4.89. The van der Waals surface area contributed by atoms with E-state index >= 15 is 0 Å². The van der Waals surface area contributed by atoms with Crippen LogP contribution in [-0.2, 0) is 16.0 Å². The summed E-state index contributed by atoms with van der Waals surface area (Å²) in [7, 11) is 3.24. The lowest BCUT2D eigenvalue weighted by Crippen LogP contribution is -2.09.